The maximum atomic E-state index is 14.2. The van der Waals surface area contributed by atoms with Crippen LogP contribution < -0.4 is 10.2 Å². The van der Waals surface area contributed by atoms with Crippen LogP contribution in [0.3, 0.4) is 0 Å². The molecule has 2 aliphatic heterocycles. The molecule has 8 heteroatoms. The minimum atomic E-state index is -0.586. The fourth-order valence-electron chi connectivity index (χ4n) is 4.56. The number of benzene rings is 2. The molecule has 2 aromatic carbocycles. The van der Waals surface area contributed by atoms with Crippen LogP contribution in [-0.2, 0) is 9.53 Å². The number of halogens is 1. The number of esters is 1. The fourth-order valence-corrected chi connectivity index (χ4v) is 4.56. The van der Waals surface area contributed by atoms with Crippen molar-refractivity contribution in [3.05, 3.63) is 76.7 Å². The molecule has 180 valence electrons. The van der Waals surface area contributed by atoms with E-state index in [-0.39, 0.29) is 18.5 Å². The van der Waals surface area contributed by atoms with Gasteiger partial charge in [0.05, 0.1) is 23.9 Å². The number of piperazine rings is 1. The Bertz CT molecular complexity index is 1090. The number of carbonyl (C=O) groups is 2. The molecule has 1 N–H and O–H groups in total. The number of anilines is 1. The molecule has 4 rings (SSSR count). The van der Waals surface area contributed by atoms with Gasteiger partial charge in [0.2, 0.25) is 0 Å². The van der Waals surface area contributed by atoms with Gasteiger partial charge in [-0.2, -0.15) is 0 Å². The first kappa shape index (κ1) is 23.8. The average Bonchev–Trinajstić information content (AvgIpc) is 2.83. The van der Waals surface area contributed by atoms with Crippen LogP contribution in [0.4, 0.5) is 14.9 Å². The molecule has 7 nitrogen and oxygen atoms in total. The monoisotopic (exact) mass is 466 g/mol. The molecule has 1 fully saturated rings. The lowest BCUT2D eigenvalue weighted by Gasteiger charge is -2.40. The molecule has 1 atom stereocenters. The third-order valence-corrected chi connectivity index (χ3v) is 6.39. The normalized spacial score (nSPS) is 19.3. The van der Waals surface area contributed by atoms with Gasteiger partial charge < -0.3 is 15.0 Å². The molecule has 0 unspecified atom stereocenters. The van der Waals surface area contributed by atoms with Gasteiger partial charge in [0, 0.05) is 45.5 Å². The Labute approximate surface area is 199 Å². The number of hydrogen-bond acceptors (Lipinski definition) is 5. The van der Waals surface area contributed by atoms with Gasteiger partial charge in [-0.3, -0.25) is 9.80 Å². The second-order valence-electron chi connectivity index (χ2n) is 8.65. The highest BCUT2D eigenvalue weighted by Gasteiger charge is 2.37. The van der Waals surface area contributed by atoms with E-state index in [0.717, 1.165) is 11.1 Å². The molecule has 2 amide bonds. The largest absolute Gasteiger partial charge is 0.463 e. The maximum absolute atomic E-state index is 14.2. The lowest BCUT2D eigenvalue weighted by Crippen LogP contribution is -2.52. The number of likely N-dealkylation sites (N-methyl/N-ethyl adjacent to an activating group) is 1. The molecule has 2 heterocycles. The number of carbonyl (C=O) groups excluding carboxylic acids is 2. The first-order chi connectivity index (χ1) is 16.4. The molecule has 1 saturated heterocycles. The molecular weight excluding hydrogens is 435 g/mol. The maximum Gasteiger partial charge on any atom is 0.338 e. The topological polar surface area (TPSA) is 65.1 Å². The van der Waals surface area contributed by atoms with Crippen LogP contribution in [0.25, 0.3) is 0 Å². The zero-order valence-electron chi connectivity index (χ0n) is 19.9. The molecule has 34 heavy (non-hydrogen) atoms. The van der Waals surface area contributed by atoms with E-state index in [0.29, 0.717) is 49.7 Å². The van der Waals surface area contributed by atoms with Crippen molar-refractivity contribution in [3.8, 4) is 0 Å². The van der Waals surface area contributed by atoms with Gasteiger partial charge in [-0.25, -0.2) is 14.0 Å². The summed E-state index contributed by atoms with van der Waals surface area (Å²) in [5, 5.41) is 2.96. The predicted molar refractivity (Wildman–Crippen MR) is 129 cm³/mol. The van der Waals surface area contributed by atoms with Crippen molar-refractivity contribution in [2.24, 2.45) is 0 Å². The Morgan fingerprint density at radius 1 is 1.12 bits per heavy atom. The minimum absolute atomic E-state index is 0.229. The summed E-state index contributed by atoms with van der Waals surface area (Å²) < 4.78 is 19.6. The molecular formula is C26H31FN4O3. The van der Waals surface area contributed by atoms with Crippen LogP contribution in [0, 0.1) is 12.7 Å². The van der Waals surface area contributed by atoms with E-state index in [1.54, 1.807) is 26.1 Å². The van der Waals surface area contributed by atoms with E-state index in [9.17, 15) is 14.0 Å². The number of urea groups is 1. The van der Waals surface area contributed by atoms with Crippen LogP contribution in [0.15, 0.2) is 59.8 Å². The second kappa shape index (κ2) is 10.3. The van der Waals surface area contributed by atoms with Crippen molar-refractivity contribution in [1.29, 1.82) is 0 Å². The van der Waals surface area contributed by atoms with Crippen molar-refractivity contribution in [2.45, 2.75) is 19.9 Å². The van der Waals surface area contributed by atoms with Crippen LogP contribution >= 0.6 is 0 Å². The van der Waals surface area contributed by atoms with Gasteiger partial charge in [0.25, 0.3) is 0 Å². The molecule has 0 spiro atoms. The summed E-state index contributed by atoms with van der Waals surface area (Å²) in [6.07, 6.45) is 0. The SMILES string of the molecule is CCOC(=O)C1=C(CN2CCN(c3ccccc3F)CC2)N(C)C(=O)N[C@@H]1c1cccc(C)c1. The standard InChI is InChI=1S/C26H31FN4O3/c1-4-34-25(32)23-22(29(3)26(33)28-24(23)19-9-7-8-18(2)16-19)17-30-12-14-31(15-13-30)21-11-6-5-10-20(21)27/h5-11,16,24H,4,12-15,17H2,1-3H3,(H,28,33)/t24-/m1/s1. The van der Waals surface area contributed by atoms with Gasteiger partial charge in [0.1, 0.15) is 5.82 Å². The van der Waals surface area contributed by atoms with E-state index in [2.05, 4.69) is 10.2 Å². The molecule has 2 aromatic rings. The fraction of sp³-hybridized carbons (Fsp3) is 0.385. The molecule has 0 bridgehead atoms. The number of para-hydroxylation sites is 1. The van der Waals surface area contributed by atoms with Crippen molar-refractivity contribution < 1.29 is 18.7 Å². The molecule has 0 aromatic heterocycles. The van der Waals surface area contributed by atoms with Gasteiger partial charge in [0.15, 0.2) is 0 Å². The first-order valence-electron chi connectivity index (χ1n) is 11.6. The number of nitrogens with one attached hydrogen (secondary N) is 1. The number of rotatable bonds is 6. The van der Waals surface area contributed by atoms with E-state index in [1.807, 2.05) is 42.2 Å². The quantitative estimate of drug-likeness (QED) is 0.661. The molecule has 0 saturated carbocycles. The van der Waals surface area contributed by atoms with Gasteiger partial charge in [-0.05, 0) is 31.5 Å². The summed E-state index contributed by atoms with van der Waals surface area (Å²) in [5.74, 6) is -0.659. The summed E-state index contributed by atoms with van der Waals surface area (Å²) >= 11 is 0. The Kier molecular flexibility index (Phi) is 7.17. The number of nitrogens with zero attached hydrogens (tertiary/aromatic N) is 3. The Morgan fingerprint density at radius 3 is 2.53 bits per heavy atom. The van der Waals surface area contributed by atoms with Crippen LogP contribution in [-0.4, -0.2) is 68.2 Å². The Hall–Kier alpha value is -3.39. The van der Waals surface area contributed by atoms with Gasteiger partial charge in [-0.1, -0.05) is 42.0 Å². The van der Waals surface area contributed by atoms with Crippen LogP contribution in [0.2, 0.25) is 0 Å². The minimum Gasteiger partial charge on any atom is -0.463 e. The summed E-state index contributed by atoms with van der Waals surface area (Å²) in [6, 6.07) is 13.7. The highest BCUT2D eigenvalue weighted by atomic mass is 19.1. The predicted octanol–water partition coefficient (Wildman–Crippen LogP) is 3.47. The summed E-state index contributed by atoms with van der Waals surface area (Å²) in [7, 11) is 1.67. The Balaban J connectivity index is 1.61. The van der Waals surface area contributed by atoms with Gasteiger partial charge >= 0.3 is 12.0 Å². The van der Waals surface area contributed by atoms with Crippen molar-refractivity contribution in [3.63, 3.8) is 0 Å². The molecule has 0 aliphatic carbocycles. The highest BCUT2D eigenvalue weighted by Crippen LogP contribution is 2.32. The zero-order valence-corrected chi connectivity index (χ0v) is 19.9. The highest BCUT2D eigenvalue weighted by molar-refractivity contribution is 5.95. The number of aryl methyl sites for hydroxylation is 1. The van der Waals surface area contributed by atoms with Crippen molar-refractivity contribution in [1.82, 2.24) is 15.1 Å². The first-order valence-corrected chi connectivity index (χ1v) is 11.6. The number of hydrogen-bond donors (Lipinski definition) is 1. The number of ether oxygens (including phenoxy) is 1. The molecule has 2 aliphatic rings. The lowest BCUT2D eigenvalue weighted by molar-refractivity contribution is -0.139. The summed E-state index contributed by atoms with van der Waals surface area (Å²) in [6.45, 7) is 7.08. The number of amides is 2. The van der Waals surface area contributed by atoms with E-state index in [4.69, 9.17) is 4.74 Å². The average molecular weight is 467 g/mol. The molecule has 0 radical (unpaired) electrons. The Morgan fingerprint density at radius 2 is 1.85 bits per heavy atom. The van der Waals surface area contributed by atoms with Gasteiger partial charge in [-0.15, -0.1) is 0 Å². The van der Waals surface area contributed by atoms with Crippen LogP contribution in [0.1, 0.15) is 24.1 Å². The zero-order chi connectivity index (χ0) is 24.2. The van der Waals surface area contributed by atoms with Crippen LogP contribution in [0.5, 0.6) is 0 Å². The van der Waals surface area contributed by atoms with E-state index < -0.39 is 12.0 Å². The van der Waals surface area contributed by atoms with E-state index in [1.165, 1.54) is 11.0 Å². The smallest absolute Gasteiger partial charge is 0.338 e. The van der Waals surface area contributed by atoms with Crippen molar-refractivity contribution >= 4 is 17.7 Å². The third-order valence-electron chi connectivity index (χ3n) is 6.39. The summed E-state index contributed by atoms with van der Waals surface area (Å²) in [5.41, 5.74) is 3.56. The lowest BCUT2D eigenvalue weighted by atomic mass is 9.93. The van der Waals surface area contributed by atoms with E-state index >= 15 is 0 Å². The van der Waals surface area contributed by atoms with Crippen molar-refractivity contribution in [2.75, 3.05) is 51.3 Å². The second-order valence-corrected chi connectivity index (χ2v) is 8.65. The summed E-state index contributed by atoms with van der Waals surface area (Å²) in [4.78, 5) is 31.7. The third kappa shape index (κ3) is 4.92.